The highest BCUT2D eigenvalue weighted by Crippen LogP contribution is 2.32. The number of nitrogens with one attached hydrogen (secondary N) is 2. The van der Waals surface area contributed by atoms with Crippen LogP contribution >= 0.6 is 0 Å². The van der Waals surface area contributed by atoms with E-state index in [0.717, 1.165) is 0 Å². The Morgan fingerprint density at radius 1 is 1.32 bits per heavy atom. The molecule has 4 nitrogen and oxygen atoms in total. The van der Waals surface area contributed by atoms with Crippen molar-refractivity contribution < 1.29 is 22.8 Å². The molecule has 0 aliphatic carbocycles. The number of hydrogen-bond donors (Lipinski definition) is 2. The number of alkyl halides is 3. The van der Waals surface area contributed by atoms with Crippen molar-refractivity contribution in [3.8, 4) is 0 Å². The lowest BCUT2D eigenvalue weighted by molar-refractivity contribution is -0.167. The lowest BCUT2D eigenvalue weighted by atomic mass is 9.94. The number of hydrogen-bond acceptors (Lipinski definition) is 2. The molecule has 0 fully saturated rings. The van der Waals surface area contributed by atoms with Gasteiger partial charge in [0.2, 0.25) is 0 Å². The first-order chi connectivity index (χ1) is 8.61. The lowest BCUT2D eigenvalue weighted by Crippen LogP contribution is -2.33. The van der Waals surface area contributed by atoms with Gasteiger partial charge in [0.15, 0.2) is 0 Å². The van der Waals surface area contributed by atoms with Crippen molar-refractivity contribution in [2.75, 3.05) is 5.32 Å². The zero-order chi connectivity index (χ0) is 14.4. The van der Waals surface area contributed by atoms with Gasteiger partial charge >= 0.3 is 12.1 Å². The maximum atomic E-state index is 12.1. The summed E-state index contributed by atoms with van der Waals surface area (Å²) in [6, 6.07) is 4.03. The van der Waals surface area contributed by atoms with Gasteiger partial charge < -0.3 is 10.6 Å². The molecule has 1 aliphatic heterocycles. The van der Waals surface area contributed by atoms with Crippen LogP contribution in [-0.2, 0) is 10.3 Å². The number of anilines is 1. The van der Waals surface area contributed by atoms with Crippen molar-refractivity contribution in [1.29, 1.82) is 0 Å². The van der Waals surface area contributed by atoms with Gasteiger partial charge in [-0.05, 0) is 37.6 Å². The van der Waals surface area contributed by atoms with Crippen LogP contribution < -0.4 is 10.6 Å². The van der Waals surface area contributed by atoms with E-state index in [1.807, 2.05) is 0 Å². The third-order valence-corrected chi connectivity index (χ3v) is 2.88. The van der Waals surface area contributed by atoms with E-state index in [1.165, 1.54) is 18.2 Å². The van der Waals surface area contributed by atoms with Gasteiger partial charge in [-0.25, -0.2) is 0 Å². The zero-order valence-electron chi connectivity index (χ0n) is 10.2. The molecule has 1 heterocycles. The summed E-state index contributed by atoms with van der Waals surface area (Å²) in [7, 11) is 0. The predicted molar refractivity (Wildman–Crippen MR) is 61.6 cm³/mol. The van der Waals surface area contributed by atoms with E-state index in [0.29, 0.717) is 11.1 Å². The number of rotatable bonds is 1. The SMILES string of the molecule is CC1(C)NC(=O)c2ccc(NC(=O)C(F)(F)F)cc21. The fraction of sp³-hybridized carbons (Fsp3) is 0.333. The number of carbonyl (C=O) groups excluding carboxylic acids is 2. The average molecular weight is 272 g/mol. The fourth-order valence-electron chi connectivity index (χ4n) is 1.96. The van der Waals surface area contributed by atoms with Gasteiger partial charge in [-0.15, -0.1) is 0 Å². The topological polar surface area (TPSA) is 58.2 Å². The van der Waals surface area contributed by atoms with Crippen LogP contribution in [0.1, 0.15) is 29.8 Å². The molecule has 2 N–H and O–H groups in total. The Bertz CT molecular complexity index is 565. The molecular weight excluding hydrogens is 261 g/mol. The molecule has 7 heteroatoms. The van der Waals surface area contributed by atoms with Crippen LogP contribution in [0.25, 0.3) is 0 Å². The number of fused-ring (bicyclic) bond motifs is 1. The van der Waals surface area contributed by atoms with E-state index >= 15 is 0 Å². The Morgan fingerprint density at radius 3 is 2.53 bits per heavy atom. The summed E-state index contributed by atoms with van der Waals surface area (Å²) in [6.45, 7) is 3.46. The molecule has 19 heavy (non-hydrogen) atoms. The van der Waals surface area contributed by atoms with E-state index in [1.54, 1.807) is 19.2 Å². The van der Waals surface area contributed by atoms with E-state index in [4.69, 9.17) is 0 Å². The monoisotopic (exact) mass is 272 g/mol. The number of halogens is 3. The fourth-order valence-corrected chi connectivity index (χ4v) is 1.96. The van der Waals surface area contributed by atoms with Crippen LogP contribution in [0.2, 0.25) is 0 Å². The standard InChI is InChI=1S/C12H11F3N2O2/c1-11(2)8-5-6(16-10(19)12(13,14)15)3-4-7(8)9(18)17-11/h3-5H,1-2H3,(H,16,19)(H,17,18). The molecule has 1 aromatic carbocycles. The highest BCUT2D eigenvalue weighted by Gasteiger charge is 2.39. The number of benzene rings is 1. The highest BCUT2D eigenvalue weighted by atomic mass is 19.4. The molecule has 0 radical (unpaired) electrons. The van der Waals surface area contributed by atoms with E-state index in [-0.39, 0.29) is 11.6 Å². The van der Waals surface area contributed by atoms with E-state index < -0.39 is 17.6 Å². The average Bonchev–Trinajstić information content (AvgIpc) is 2.48. The molecule has 2 amide bonds. The van der Waals surface area contributed by atoms with Crippen LogP contribution in [-0.4, -0.2) is 18.0 Å². The molecule has 0 saturated carbocycles. The summed E-state index contributed by atoms with van der Waals surface area (Å²) in [5.41, 5.74) is 0.281. The van der Waals surface area contributed by atoms with Crippen molar-refractivity contribution in [2.45, 2.75) is 25.6 Å². The predicted octanol–water partition coefficient (Wildman–Crippen LogP) is 2.17. The molecule has 1 aliphatic rings. The Morgan fingerprint density at radius 2 is 1.95 bits per heavy atom. The zero-order valence-corrected chi connectivity index (χ0v) is 10.2. The second-order valence-electron chi connectivity index (χ2n) is 4.79. The molecule has 0 saturated heterocycles. The second-order valence-corrected chi connectivity index (χ2v) is 4.79. The van der Waals surface area contributed by atoms with Crippen molar-refractivity contribution in [3.63, 3.8) is 0 Å². The van der Waals surface area contributed by atoms with Crippen LogP contribution in [0, 0.1) is 0 Å². The molecule has 2 rings (SSSR count). The first-order valence-corrected chi connectivity index (χ1v) is 5.46. The number of amides is 2. The van der Waals surface area contributed by atoms with Crippen molar-refractivity contribution >= 4 is 17.5 Å². The highest BCUT2D eigenvalue weighted by molar-refractivity contribution is 6.01. The van der Waals surface area contributed by atoms with Gasteiger partial charge in [0.25, 0.3) is 5.91 Å². The van der Waals surface area contributed by atoms with Crippen molar-refractivity contribution in [1.82, 2.24) is 5.32 Å². The normalized spacial score (nSPS) is 16.8. The van der Waals surface area contributed by atoms with Crippen LogP contribution in [0.4, 0.5) is 18.9 Å². The summed E-state index contributed by atoms with van der Waals surface area (Å²) in [6.07, 6.45) is -4.94. The van der Waals surface area contributed by atoms with Crippen LogP contribution in [0.15, 0.2) is 18.2 Å². The third kappa shape index (κ3) is 2.40. The quantitative estimate of drug-likeness (QED) is 0.823. The van der Waals surface area contributed by atoms with Gasteiger partial charge in [-0.1, -0.05) is 0 Å². The molecule has 0 spiro atoms. The van der Waals surface area contributed by atoms with Gasteiger partial charge in [0.1, 0.15) is 0 Å². The Kier molecular flexibility index (Phi) is 2.80. The van der Waals surface area contributed by atoms with Gasteiger partial charge in [-0.2, -0.15) is 13.2 Å². The Labute approximate surface area is 107 Å². The largest absolute Gasteiger partial charge is 0.471 e. The molecule has 0 unspecified atom stereocenters. The maximum absolute atomic E-state index is 12.1. The molecule has 0 bridgehead atoms. The van der Waals surface area contributed by atoms with Gasteiger partial charge in [-0.3, -0.25) is 9.59 Å². The minimum absolute atomic E-state index is 0.00523. The maximum Gasteiger partial charge on any atom is 0.471 e. The smallest absolute Gasteiger partial charge is 0.343 e. The van der Waals surface area contributed by atoms with E-state index in [9.17, 15) is 22.8 Å². The molecule has 102 valence electrons. The van der Waals surface area contributed by atoms with Crippen LogP contribution in [0.5, 0.6) is 0 Å². The third-order valence-electron chi connectivity index (χ3n) is 2.88. The van der Waals surface area contributed by atoms with Crippen molar-refractivity contribution in [3.05, 3.63) is 29.3 Å². The molecule has 0 aromatic heterocycles. The molecular formula is C12H11F3N2O2. The minimum Gasteiger partial charge on any atom is -0.343 e. The Balaban J connectivity index is 2.33. The summed E-state index contributed by atoms with van der Waals surface area (Å²) < 4.78 is 36.4. The van der Waals surface area contributed by atoms with E-state index in [2.05, 4.69) is 5.32 Å². The first-order valence-electron chi connectivity index (χ1n) is 5.46. The second kappa shape index (κ2) is 3.97. The summed E-state index contributed by atoms with van der Waals surface area (Å²) >= 11 is 0. The van der Waals surface area contributed by atoms with Gasteiger partial charge in [0, 0.05) is 11.3 Å². The van der Waals surface area contributed by atoms with Crippen LogP contribution in [0.3, 0.4) is 0 Å². The molecule has 1 aromatic rings. The lowest BCUT2D eigenvalue weighted by Gasteiger charge is -2.19. The van der Waals surface area contributed by atoms with Gasteiger partial charge in [0.05, 0.1) is 5.54 Å². The van der Waals surface area contributed by atoms with Crippen molar-refractivity contribution in [2.24, 2.45) is 0 Å². The molecule has 0 atom stereocenters. The summed E-state index contributed by atoms with van der Waals surface area (Å²) in [4.78, 5) is 22.4. The first kappa shape index (κ1) is 13.4. The summed E-state index contributed by atoms with van der Waals surface area (Å²) in [5.74, 6) is -2.32. The minimum atomic E-state index is -4.94. The summed E-state index contributed by atoms with van der Waals surface area (Å²) in [5, 5.41) is 4.46. The number of carbonyl (C=O) groups is 2. The Hall–Kier alpha value is -2.05.